The minimum atomic E-state index is -4.52. The molecule has 0 atom stereocenters. The molecule has 1 saturated carbocycles. The van der Waals surface area contributed by atoms with E-state index in [1.165, 1.54) is 6.42 Å². The fourth-order valence-corrected chi connectivity index (χ4v) is 3.16. The summed E-state index contributed by atoms with van der Waals surface area (Å²) in [6.07, 6.45) is 2.39. The Labute approximate surface area is 144 Å². The van der Waals surface area contributed by atoms with Crippen LogP contribution in [0.1, 0.15) is 50.4 Å². The molecule has 1 N–H and O–H groups in total. The van der Waals surface area contributed by atoms with Crippen molar-refractivity contribution in [2.75, 3.05) is 5.32 Å². The summed E-state index contributed by atoms with van der Waals surface area (Å²) in [6.45, 7) is 4.34. The highest BCUT2D eigenvalue weighted by molar-refractivity contribution is 5.62. The molecule has 1 fully saturated rings. The molecule has 1 aliphatic rings. The Kier molecular flexibility index (Phi) is 4.96. The van der Waals surface area contributed by atoms with Crippen molar-refractivity contribution in [3.8, 4) is 11.3 Å². The quantitative estimate of drug-likeness (QED) is 0.883. The van der Waals surface area contributed by atoms with E-state index in [0.717, 1.165) is 31.7 Å². The number of hydrogen-bond donors (Lipinski definition) is 1. The van der Waals surface area contributed by atoms with Gasteiger partial charge in [-0.2, -0.15) is 18.3 Å². The molecular weight excluding hydrogens is 331 g/mol. The van der Waals surface area contributed by atoms with Crippen LogP contribution in [0, 0.1) is 6.92 Å². The van der Waals surface area contributed by atoms with Crippen LogP contribution in [0.5, 0.6) is 0 Å². The van der Waals surface area contributed by atoms with Gasteiger partial charge in [-0.15, -0.1) is 0 Å². The minimum absolute atomic E-state index is 0.0420. The Balaban J connectivity index is 1.98. The highest BCUT2D eigenvalue weighted by atomic mass is 19.4. The van der Waals surface area contributed by atoms with Gasteiger partial charge >= 0.3 is 6.18 Å². The van der Waals surface area contributed by atoms with Crippen molar-refractivity contribution in [2.24, 2.45) is 0 Å². The van der Waals surface area contributed by atoms with Crippen LogP contribution in [0.15, 0.2) is 12.3 Å². The first-order valence-corrected chi connectivity index (χ1v) is 8.64. The SMILES string of the molecule is CCn1cc(-c2cc(C(F)(F)F)nc(NC3CCCCC3)n2)c(C)n1. The topological polar surface area (TPSA) is 55.6 Å². The van der Waals surface area contributed by atoms with Gasteiger partial charge in [0.25, 0.3) is 0 Å². The molecular formula is C17H22F3N5. The van der Waals surface area contributed by atoms with Gasteiger partial charge in [0.2, 0.25) is 5.95 Å². The van der Waals surface area contributed by atoms with Crippen molar-refractivity contribution >= 4 is 5.95 Å². The molecule has 0 spiro atoms. The van der Waals surface area contributed by atoms with Gasteiger partial charge in [-0.25, -0.2) is 9.97 Å². The predicted octanol–water partition coefficient (Wildman–Crippen LogP) is 4.43. The van der Waals surface area contributed by atoms with Crippen molar-refractivity contribution < 1.29 is 13.2 Å². The fourth-order valence-electron chi connectivity index (χ4n) is 3.16. The van der Waals surface area contributed by atoms with Crippen LogP contribution < -0.4 is 5.32 Å². The van der Waals surface area contributed by atoms with Crippen LogP contribution >= 0.6 is 0 Å². The maximum Gasteiger partial charge on any atom is 0.433 e. The third kappa shape index (κ3) is 4.11. The van der Waals surface area contributed by atoms with Gasteiger partial charge in [0.05, 0.1) is 11.4 Å². The number of anilines is 1. The summed E-state index contributed by atoms with van der Waals surface area (Å²) in [7, 11) is 0. The molecule has 8 heteroatoms. The van der Waals surface area contributed by atoms with E-state index in [4.69, 9.17) is 0 Å². The molecule has 0 saturated heterocycles. The molecule has 0 bridgehead atoms. The molecule has 0 radical (unpaired) electrons. The van der Waals surface area contributed by atoms with Gasteiger partial charge < -0.3 is 5.32 Å². The van der Waals surface area contributed by atoms with Gasteiger partial charge in [0, 0.05) is 24.3 Å². The summed E-state index contributed by atoms with van der Waals surface area (Å²) in [4.78, 5) is 8.05. The largest absolute Gasteiger partial charge is 0.433 e. The molecule has 0 amide bonds. The number of aromatic nitrogens is 4. The smallest absolute Gasteiger partial charge is 0.351 e. The van der Waals surface area contributed by atoms with Crippen molar-refractivity contribution in [1.82, 2.24) is 19.7 Å². The van der Waals surface area contributed by atoms with Crippen molar-refractivity contribution in [3.63, 3.8) is 0 Å². The molecule has 25 heavy (non-hydrogen) atoms. The monoisotopic (exact) mass is 353 g/mol. The van der Waals surface area contributed by atoms with Crippen molar-refractivity contribution in [3.05, 3.63) is 23.7 Å². The third-order valence-corrected chi connectivity index (χ3v) is 4.50. The van der Waals surface area contributed by atoms with Crippen LogP contribution in [0.25, 0.3) is 11.3 Å². The number of hydrogen-bond acceptors (Lipinski definition) is 4. The summed E-state index contributed by atoms with van der Waals surface area (Å²) in [5, 5.41) is 7.39. The zero-order chi connectivity index (χ0) is 18.0. The van der Waals surface area contributed by atoms with Crippen LogP contribution in [0.4, 0.5) is 19.1 Å². The van der Waals surface area contributed by atoms with Crippen molar-refractivity contribution in [1.29, 1.82) is 0 Å². The molecule has 0 unspecified atom stereocenters. The van der Waals surface area contributed by atoms with E-state index in [9.17, 15) is 13.2 Å². The molecule has 1 aliphatic carbocycles. The maximum atomic E-state index is 13.3. The molecule has 2 aromatic heterocycles. The van der Waals surface area contributed by atoms with Crippen LogP contribution in [-0.2, 0) is 12.7 Å². The molecule has 0 aliphatic heterocycles. The molecule has 3 rings (SSSR count). The first-order chi connectivity index (χ1) is 11.9. The normalized spacial score (nSPS) is 16.2. The van der Waals surface area contributed by atoms with Crippen LogP contribution in [0.2, 0.25) is 0 Å². The minimum Gasteiger partial charge on any atom is -0.351 e. The van der Waals surface area contributed by atoms with Crippen LogP contribution in [0.3, 0.4) is 0 Å². The maximum absolute atomic E-state index is 13.3. The summed E-state index contributed by atoms with van der Waals surface area (Å²) in [5.41, 5.74) is 0.566. The molecule has 0 aromatic carbocycles. The van der Waals surface area contributed by atoms with E-state index >= 15 is 0 Å². The standard InChI is InChI=1S/C17H22F3N5/c1-3-25-10-13(11(2)24-25)14-9-15(17(18,19)20)23-16(22-14)21-12-7-5-4-6-8-12/h9-10,12H,3-8H2,1-2H3,(H,21,22,23). The second-order valence-electron chi connectivity index (χ2n) is 6.42. The molecule has 5 nitrogen and oxygen atoms in total. The predicted molar refractivity (Wildman–Crippen MR) is 89.2 cm³/mol. The lowest BCUT2D eigenvalue weighted by molar-refractivity contribution is -0.141. The summed E-state index contributed by atoms with van der Waals surface area (Å²) < 4.78 is 41.5. The zero-order valence-electron chi connectivity index (χ0n) is 14.4. The van der Waals surface area contributed by atoms with E-state index in [1.807, 2.05) is 6.92 Å². The highest BCUT2D eigenvalue weighted by Crippen LogP contribution is 2.32. The van der Waals surface area contributed by atoms with E-state index in [-0.39, 0.29) is 17.7 Å². The number of aryl methyl sites for hydroxylation is 2. The number of rotatable bonds is 4. The summed E-state index contributed by atoms with van der Waals surface area (Å²) in [5.74, 6) is 0.0420. The molecule has 136 valence electrons. The number of nitrogens with one attached hydrogen (secondary N) is 1. The van der Waals surface area contributed by atoms with Gasteiger partial charge in [0.1, 0.15) is 0 Å². The number of alkyl halides is 3. The summed E-state index contributed by atoms with van der Waals surface area (Å²) >= 11 is 0. The van der Waals surface area contributed by atoms with Crippen LogP contribution in [-0.4, -0.2) is 25.8 Å². The van der Waals surface area contributed by atoms with E-state index < -0.39 is 11.9 Å². The Morgan fingerprint density at radius 2 is 1.92 bits per heavy atom. The lowest BCUT2D eigenvalue weighted by Crippen LogP contribution is -2.24. The lowest BCUT2D eigenvalue weighted by Gasteiger charge is -2.23. The Hall–Kier alpha value is -2.12. The Morgan fingerprint density at radius 3 is 2.52 bits per heavy atom. The first kappa shape index (κ1) is 17.7. The zero-order valence-corrected chi connectivity index (χ0v) is 14.4. The van der Waals surface area contributed by atoms with E-state index in [2.05, 4.69) is 20.4 Å². The lowest BCUT2D eigenvalue weighted by atomic mass is 9.96. The second-order valence-corrected chi connectivity index (χ2v) is 6.42. The van der Waals surface area contributed by atoms with Gasteiger partial charge in [-0.1, -0.05) is 19.3 Å². The van der Waals surface area contributed by atoms with E-state index in [1.54, 1.807) is 17.8 Å². The van der Waals surface area contributed by atoms with Gasteiger partial charge in [-0.3, -0.25) is 4.68 Å². The fraction of sp³-hybridized carbons (Fsp3) is 0.588. The van der Waals surface area contributed by atoms with Gasteiger partial charge in [-0.05, 0) is 32.8 Å². The second kappa shape index (κ2) is 7.01. The first-order valence-electron chi connectivity index (χ1n) is 8.64. The van der Waals surface area contributed by atoms with Crippen molar-refractivity contribution in [2.45, 2.75) is 64.7 Å². The average molecular weight is 353 g/mol. The van der Waals surface area contributed by atoms with Gasteiger partial charge in [0.15, 0.2) is 5.69 Å². The number of halogens is 3. The Bertz CT molecular complexity index is 732. The molecule has 2 heterocycles. The highest BCUT2D eigenvalue weighted by Gasteiger charge is 2.34. The number of nitrogens with zero attached hydrogens (tertiary/aromatic N) is 4. The Morgan fingerprint density at radius 1 is 1.20 bits per heavy atom. The molecule has 2 aromatic rings. The average Bonchev–Trinajstić information content (AvgIpc) is 2.96. The van der Waals surface area contributed by atoms with E-state index in [0.29, 0.717) is 17.8 Å². The third-order valence-electron chi connectivity index (χ3n) is 4.50. The summed E-state index contributed by atoms with van der Waals surface area (Å²) in [6, 6.07) is 1.13.